The van der Waals surface area contributed by atoms with Crippen LogP contribution in [0.5, 0.6) is 0 Å². The fourth-order valence-corrected chi connectivity index (χ4v) is 3.14. The number of rotatable bonds is 6. The smallest absolute Gasteiger partial charge is 0.319 e. The molecule has 1 heterocycles. The first kappa shape index (κ1) is 18.1. The number of anilines is 1. The van der Waals surface area contributed by atoms with Crippen molar-refractivity contribution in [2.24, 2.45) is 5.92 Å². The second-order valence-corrected chi connectivity index (χ2v) is 7.16. The van der Waals surface area contributed by atoms with Gasteiger partial charge in [0.2, 0.25) is 0 Å². The molecule has 23 heavy (non-hydrogen) atoms. The summed E-state index contributed by atoms with van der Waals surface area (Å²) in [6, 6.07) is 7.75. The first-order valence-electron chi connectivity index (χ1n) is 8.16. The van der Waals surface area contributed by atoms with E-state index in [2.05, 4.69) is 34.4 Å². The molecule has 0 aliphatic carbocycles. The number of amides is 2. The molecule has 0 spiro atoms. The number of hydrogen-bond donors (Lipinski definition) is 2. The summed E-state index contributed by atoms with van der Waals surface area (Å²) < 4.78 is 0. The molecule has 1 aliphatic heterocycles. The summed E-state index contributed by atoms with van der Waals surface area (Å²) in [6.45, 7) is 8.42. The van der Waals surface area contributed by atoms with Gasteiger partial charge in [0.05, 0.1) is 0 Å². The maximum Gasteiger partial charge on any atom is 0.319 e. The van der Waals surface area contributed by atoms with Crippen molar-refractivity contribution in [2.45, 2.75) is 11.8 Å². The number of thioether (sulfide) groups is 1. The lowest BCUT2D eigenvalue weighted by atomic mass is 10.1. The summed E-state index contributed by atoms with van der Waals surface area (Å²) >= 11 is 1.67. The zero-order valence-electron chi connectivity index (χ0n) is 14.3. The third kappa shape index (κ3) is 6.41. The first-order valence-corrected chi connectivity index (χ1v) is 9.39. The fourth-order valence-electron chi connectivity index (χ4n) is 2.68. The van der Waals surface area contributed by atoms with Gasteiger partial charge in [0, 0.05) is 49.9 Å². The molecule has 2 rings (SSSR count). The largest absolute Gasteiger partial charge is 0.338 e. The van der Waals surface area contributed by atoms with Crippen LogP contribution < -0.4 is 10.6 Å². The Morgan fingerprint density at radius 3 is 2.74 bits per heavy atom. The number of piperazine rings is 1. The Kier molecular flexibility index (Phi) is 7.20. The Bertz CT molecular complexity index is 503. The van der Waals surface area contributed by atoms with Crippen LogP contribution in [0.2, 0.25) is 0 Å². The predicted octanol–water partition coefficient (Wildman–Crippen LogP) is 2.41. The minimum absolute atomic E-state index is 0.131. The van der Waals surface area contributed by atoms with Crippen LogP contribution in [0, 0.1) is 5.92 Å². The molecule has 0 radical (unpaired) electrons. The van der Waals surface area contributed by atoms with Crippen LogP contribution in [0.4, 0.5) is 10.5 Å². The van der Waals surface area contributed by atoms with E-state index < -0.39 is 0 Å². The van der Waals surface area contributed by atoms with Gasteiger partial charge in [-0.15, -0.1) is 11.8 Å². The normalized spacial score (nSPS) is 17.7. The van der Waals surface area contributed by atoms with Gasteiger partial charge in [-0.2, -0.15) is 0 Å². The third-order valence-electron chi connectivity index (χ3n) is 4.10. The van der Waals surface area contributed by atoms with Gasteiger partial charge >= 0.3 is 6.03 Å². The van der Waals surface area contributed by atoms with E-state index in [0.717, 1.165) is 43.3 Å². The number of carbonyl (C=O) groups excluding carboxylic acids is 1. The van der Waals surface area contributed by atoms with E-state index in [4.69, 9.17) is 0 Å². The highest BCUT2D eigenvalue weighted by Crippen LogP contribution is 2.18. The van der Waals surface area contributed by atoms with Gasteiger partial charge in [0.25, 0.3) is 0 Å². The van der Waals surface area contributed by atoms with Crippen LogP contribution in [0.15, 0.2) is 29.2 Å². The van der Waals surface area contributed by atoms with E-state index in [1.807, 2.05) is 30.5 Å². The third-order valence-corrected chi connectivity index (χ3v) is 4.83. The van der Waals surface area contributed by atoms with Crippen molar-refractivity contribution in [3.8, 4) is 0 Å². The van der Waals surface area contributed by atoms with Crippen LogP contribution in [-0.4, -0.2) is 68.4 Å². The average Bonchev–Trinajstić information content (AvgIpc) is 2.55. The van der Waals surface area contributed by atoms with Crippen molar-refractivity contribution >= 4 is 23.5 Å². The summed E-state index contributed by atoms with van der Waals surface area (Å²) in [7, 11) is 2.17. The molecule has 0 unspecified atom stereocenters. The van der Waals surface area contributed by atoms with E-state index in [1.54, 1.807) is 11.8 Å². The number of likely N-dealkylation sites (N-methyl/N-ethyl adjacent to an activating group) is 1. The van der Waals surface area contributed by atoms with E-state index in [9.17, 15) is 4.79 Å². The zero-order chi connectivity index (χ0) is 16.7. The SMILES string of the molecule is CSc1cccc(NC(=O)NC[C@H](C)CN2CCN(C)CC2)c1. The van der Waals surface area contributed by atoms with Crippen LogP contribution in [-0.2, 0) is 0 Å². The molecular formula is C17H28N4OS. The van der Waals surface area contributed by atoms with Crippen molar-refractivity contribution in [3.05, 3.63) is 24.3 Å². The molecule has 2 N–H and O–H groups in total. The summed E-state index contributed by atoms with van der Waals surface area (Å²) in [5, 5.41) is 5.87. The monoisotopic (exact) mass is 336 g/mol. The molecule has 1 aliphatic rings. The van der Waals surface area contributed by atoms with Crippen molar-refractivity contribution < 1.29 is 4.79 Å². The minimum atomic E-state index is -0.131. The van der Waals surface area contributed by atoms with Crippen LogP contribution in [0.3, 0.4) is 0 Å². The molecule has 6 heteroatoms. The van der Waals surface area contributed by atoms with Gasteiger partial charge in [0.15, 0.2) is 0 Å². The Morgan fingerprint density at radius 2 is 2.04 bits per heavy atom. The lowest BCUT2D eigenvalue weighted by Gasteiger charge is -2.33. The Labute approximate surface area is 143 Å². The Morgan fingerprint density at radius 1 is 1.30 bits per heavy atom. The molecule has 0 saturated carbocycles. The second-order valence-electron chi connectivity index (χ2n) is 6.28. The average molecular weight is 337 g/mol. The Balaban J connectivity index is 1.69. The Hall–Kier alpha value is -1.24. The highest BCUT2D eigenvalue weighted by atomic mass is 32.2. The zero-order valence-corrected chi connectivity index (χ0v) is 15.2. The number of nitrogens with one attached hydrogen (secondary N) is 2. The molecule has 1 fully saturated rings. The molecular weight excluding hydrogens is 308 g/mol. The van der Waals surface area contributed by atoms with E-state index >= 15 is 0 Å². The number of hydrogen-bond acceptors (Lipinski definition) is 4. The van der Waals surface area contributed by atoms with Crippen molar-refractivity contribution in [3.63, 3.8) is 0 Å². The summed E-state index contributed by atoms with van der Waals surface area (Å²) in [5.74, 6) is 0.446. The van der Waals surface area contributed by atoms with Gasteiger partial charge in [0.1, 0.15) is 0 Å². The predicted molar refractivity (Wildman–Crippen MR) is 98.3 cm³/mol. The number of carbonyl (C=O) groups is 1. The van der Waals surface area contributed by atoms with E-state index in [0.29, 0.717) is 12.5 Å². The number of nitrogens with zero attached hydrogens (tertiary/aromatic N) is 2. The molecule has 1 aromatic rings. The molecule has 1 atom stereocenters. The molecule has 1 aromatic carbocycles. The lowest BCUT2D eigenvalue weighted by Crippen LogP contribution is -2.47. The quantitative estimate of drug-likeness (QED) is 0.783. The number of urea groups is 1. The lowest BCUT2D eigenvalue weighted by molar-refractivity contribution is 0.138. The maximum atomic E-state index is 12.0. The highest BCUT2D eigenvalue weighted by molar-refractivity contribution is 7.98. The van der Waals surface area contributed by atoms with E-state index in [1.165, 1.54) is 0 Å². The first-order chi connectivity index (χ1) is 11.1. The molecule has 1 saturated heterocycles. The van der Waals surface area contributed by atoms with Gasteiger partial charge in [-0.1, -0.05) is 13.0 Å². The summed E-state index contributed by atoms with van der Waals surface area (Å²) in [5.41, 5.74) is 0.834. The minimum Gasteiger partial charge on any atom is -0.338 e. The topological polar surface area (TPSA) is 47.6 Å². The van der Waals surface area contributed by atoms with Gasteiger partial charge in [-0.25, -0.2) is 4.79 Å². The van der Waals surface area contributed by atoms with Gasteiger partial charge in [-0.3, -0.25) is 0 Å². The van der Waals surface area contributed by atoms with Crippen molar-refractivity contribution in [1.82, 2.24) is 15.1 Å². The van der Waals surface area contributed by atoms with Crippen LogP contribution >= 0.6 is 11.8 Å². The van der Waals surface area contributed by atoms with Gasteiger partial charge in [-0.05, 0) is 37.4 Å². The van der Waals surface area contributed by atoms with Gasteiger partial charge < -0.3 is 20.4 Å². The fraction of sp³-hybridized carbons (Fsp3) is 0.588. The van der Waals surface area contributed by atoms with E-state index in [-0.39, 0.29) is 6.03 Å². The molecule has 5 nitrogen and oxygen atoms in total. The summed E-state index contributed by atoms with van der Waals surface area (Å²) in [6.07, 6.45) is 2.03. The van der Waals surface area contributed by atoms with Crippen LogP contribution in [0.25, 0.3) is 0 Å². The summed E-state index contributed by atoms with van der Waals surface area (Å²) in [4.78, 5) is 18.0. The van der Waals surface area contributed by atoms with Crippen molar-refractivity contribution in [1.29, 1.82) is 0 Å². The molecule has 128 valence electrons. The van der Waals surface area contributed by atoms with Crippen molar-refractivity contribution in [2.75, 3.05) is 57.9 Å². The standard InChI is InChI=1S/C17H28N4OS/c1-14(13-21-9-7-20(2)8-10-21)12-18-17(22)19-15-5-4-6-16(11-15)23-3/h4-6,11,14H,7-10,12-13H2,1-3H3,(H2,18,19,22)/t14-/m0/s1. The van der Waals surface area contributed by atoms with Crippen LogP contribution in [0.1, 0.15) is 6.92 Å². The number of benzene rings is 1. The highest BCUT2D eigenvalue weighted by Gasteiger charge is 2.16. The molecule has 2 amide bonds. The molecule has 0 aromatic heterocycles. The molecule has 0 bridgehead atoms. The second kappa shape index (κ2) is 9.15. The maximum absolute atomic E-state index is 12.0.